The number of nitrogens with one attached hydrogen (secondary N) is 3. The standard InChI is InChI=1S/C20H15FN4O/c21-15-6-4-5-13(9-15)14-10-17-18(12-23-19(17)22-11-14)20(26)25-24-16-7-2-1-3-8-16/h1-12,24H,(H,22,23)(H,25,26). The summed E-state index contributed by atoms with van der Waals surface area (Å²) in [5.41, 5.74) is 8.80. The molecule has 5 nitrogen and oxygen atoms in total. The lowest BCUT2D eigenvalue weighted by atomic mass is 10.1. The molecular formula is C20H15FN4O. The van der Waals surface area contributed by atoms with Crippen LogP contribution in [-0.4, -0.2) is 15.9 Å². The first-order valence-electron chi connectivity index (χ1n) is 8.05. The number of carbonyl (C=O) groups excluding carboxylic acids is 1. The molecule has 0 atom stereocenters. The molecule has 2 aromatic heterocycles. The number of hydrazine groups is 1. The number of para-hydroxylation sites is 1. The van der Waals surface area contributed by atoms with Gasteiger partial charge in [0.15, 0.2) is 0 Å². The van der Waals surface area contributed by atoms with E-state index in [0.29, 0.717) is 22.2 Å². The Morgan fingerprint density at radius 3 is 2.65 bits per heavy atom. The van der Waals surface area contributed by atoms with Gasteiger partial charge in [-0.1, -0.05) is 30.3 Å². The summed E-state index contributed by atoms with van der Waals surface area (Å²) in [6, 6.07) is 17.4. The van der Waals surface area contributed by atoms with Crippen LogP contribution in [0.1, 0.15) is 10.4 Å². The van der Waals surface area contributed by atoms with Gasteiger partial charge in [0.25, 0.3) is 5.91 Å². The fourth-order valence-electron chi connectivity index (χ4n) is 2.73. The van der Waals surface area contributed by atoms with Crippen molar-refractivity contribution >= 4 is 22.6 Å². The quantitative estimate of drug-likeness (QED) is 0.487. The second-order valence-corrected chi connectivity index (χ2v) is 5.78. The number of aromatic nitrogens is 2. The van der Waals surface area contributed by atoms with Crippen LogP contribution in [0, 0.1) is 5.82 Å². The number of carbonyl (C=O) groups is 1. The minimum Gasteiger partial charge on any atom is -0.345 e. The van der Waals surface area contributed by atoms with E-state index < -0.39 is 0 Å². The summed E-state index contributed by atoms with van der Waals surface area (Å²) in [6.45, 7) is 0. The lowest BCUT2D eigenvalue weighted by Crippen LogP contribution is -2.29. The van der Waals surface area contributed by atoms with Gasteiger partial charge in [0, 0.05) is 23.3 Å². The number of hydrogen-bond acceptors (Lipinski definition) is 3. The number of hydrogen-bond donors (Lipinski definition) is 3. The summed E-state index contributed by atoms with van der Waals surface area (Å²) in [4.78, 5) is 19.8. The third kappa shape index (κ3) is 3.12. The van der Waals surface area contributed by atoms with Crippen molar-refractivity contribution in [1.82, 2.24) is 15.4 Å². The van der Waals surface area contributed by atoms with Gasteiger partial charge in [0.1, 0.15) is 11.5 Å². The predicted octanol–water partition coefficient (Wildman–Crippen LogP) is 4.13. The van der Waals surface area contributed by atoms with Gasteiger partial charge in [-0.15, -0.1) is 0 Å². The zero-order valence-electron chi connectivity index (χ0n) is 13.7. The number of benzene rings is 2. The van der Waals surface area contributed by atoms with Crippen molar-refractivity contribution < 1.29 is 9.18 Å². The lowest BCUT2D eigenvalue weighted by molar-refractivity contribution is 0.0964. The smallest absolute Gasteiger partial charge is 0.271 e. The highest BCUT2D eigenvalue weighted by molar-refractivity contribution is 6.07. The summed E-state index contributed by atoms with van der Waals surface area (Å²) >= 11 is 0. The molecule has 0 aliphatic rings. The van der Waals surface area contributed by atoms with Crippen LogP contribution in [0.2, 0.25) is 0 Å². The highest BCUT2D eigenvalue weighted by Crippen LogP contribution is 2.25. The van der Waals surface area contributed by atoms with Crippen molar-refractivity contribution in [3.05, 3.63) is 84.4 Å². The maximum Gasteiger partial charge on any atom is 0.271 e. The topological polar surface area (TPSA) is 69.8 Å². The maximum absolute atomic E-state index is 13.5. The molecule has 0 saturated heterocycles. The first kappa shape index (κ1) is 15.8. The van der Waals surface area contributed by atoms with Crippen molar-refractivity contribution in [3.63, 3.8) is 0 Å². The molecule has 26 heavy (non-hydrogen) atoms. The summed E-state index contributed by atoms with van der Waals surface area (Å²) in [5, 5.41) is 0.666. The largest absolute Gasteiger partial charge is 0.345 e. The van der Waals surface area contributed by atoms with E-state index in [4.69, 9.17) is 0 Å². The zero-order valence-corrected chi connectivity index (χ0v) is 13.7. The van der Waals surface area contributed by atoms with Crippen LogP contribution < -0.4 is 10.9 Å². The number of H-pyrrole nitrogens is 1. The first-order chi connectivity index (χ1) is 12.7. The normalized spacial score (nSPS) is 10.7. The Hall–Kier alpha value is -3.67. The third-order valence-corrected chi connectivity index (χ3v) is 4.03. The molecule has 0 bridgehead atoms. The summed E-state index contributed by atoms with van der Waals surface area (Å²) in [6.07, 6.45) is 3.26. The van der Waals surface area contributed by atoms with Crippen LogP contribution in [0.15, 0.2) is 73.1 Å². The van der Waals surface area contributed by atoms with Crippen LogP contribution in [0.4, 0.5) is 10.1 Å². The van der Waals surface area contributed by atoms with Crippen molar-refractivity contribution in [3.8, 4) is 11.1 Å². The first-order valence-corrected chi connectivity index (χ1v) is 8.05. The van der Waals surface area contributed by atoms with Crippen LogP contribution in [0.5, 0.6) is 0 Å². The number of aromatic amines is 1. The van der Waals surface area contributed by atoms with E-state index in [-0.39, 0.29) is 11.7 Å². The molecule has 3 N–H and O–H groups in total. The number of nitrogens with zero attached hydrogens (tertiary/aromatic N) is 1. The van der Waals surface area contributed by atoms with Gasteiger partial charge in [-0.3, -0.25) is 15.6 Å². The monoisotopic (exact) mass is 346 g/mol. The average Bonchev–Trinajstić information content (AvgIpc) is 3.10. The number of rotatable bonds is 4. The molecule has 0 unspecified atom stereocenters. The van der Waals surface area contributed by atoms with E-state index in [9.17, 15) is 9.18 Å². The van der Waals surface area contributed by atoms with E-state index in [1.54, 1.807) is 24.5 Å². The second kappa shape index (κ2) is 6.68. The van der Waals surface area contributed by atoms with Gasteiger partial charge < -0.3 is 4.98 Å². The molecule has 4 aromatic rings. The third-order valence-electron chi connectivity index (χ3n) is 4.03. The summed E-state index contributed by atoms with van der Waals surface area (Å²) in [7, 11) is 0. The van der Waals surface area contributed by atoms with Gasteiger partial charge in [-0.05, 0) is 35.9 Å². The van der Waals surface area contributed by atoms with E-state index in [0.717, 1.165) is 11.3 Å². The average molecular weight is 346 g/mol. The summed E-state index contributed by atoms with van der Waals surface area (Å²) < 4.78 is 13.5. The molecule has 0 radical (unpaired) electrons. The highest BCUT2D eigenvalue weighted by Gasteiger charge is 2.14. The minimum absolute atomic E-state index is 0.293. The van der Waals surface area contributed by atoms with Gasteiger partial charge in [0.2, 0.25) is 0 Å². The van der Waals surface area contributed by atoms with Crippen LogP contribution in [0.3, 0.4) is 0 Å². The van der Waals surface area contributed by atoms with Crippen molar-refractivity contribution in [2.45, 2.75) is 0 Å². The molecule has 0 fully saturated rings. The molecule has 2 aromatic carbocycles. The Labute approximate surface area is 148 Å². The van der Waals surface area contributed by atoms with E-state index in [1.165, 1.54) is 12.1 Å². The molecule has 0 aliphatic carbocycles. The number of amides is 1. The van der Waals surface area contributed by atoms with Gasteiger partial charge >= 0.3 is 0 Å². The minimum atomic E-state index is -0.318. The Bertz CT molecular complexity index is 1080. The molecule has 6 heteroatoms. The van der Waals surface area contributed by atoms with Crippen molar-refractivity contribution in [1.29, 1.82) is 0 Å². The lowest BCUT2D eigenvalue weighted by Gasteiger charge is -2.08. The van der Waals surface area contributed by atoms with Gasteiger partial charge in [0.05, 0.1) is 11.3 Å². The molecule has 4 rings (SSSR count). The van der Waals surface area contributed by atoms with E-state index >= 15 is 0 Å². The number of anilines is 1. The Balaban J connectivity index is 1.63. The van der Waals surface area contributed by atoms with Crippen molar-refractivity contribution in [2.24, 2.45) is 0 Å². The van der Waals surface area contributed by atoms with Crippen LogP contribution in [0.25, 0.3) is 22.2 Å². The van der Waals surface area contributed by atoms with Crippen LogP contribution >= 0.6 is 0 Å². The van der Waals surface area contributed by atoms with Gasteiger partial charge in [-0.2, -0.15) is 0 Å². The number of halogens is 1. The molecule has 128 valence electrons. The fraction of sp³-hybridized carbons (Fsp3) is 0. The number of pyridine rings is 1. The Morgan fingerprint density at radius 2 is 1.85 bits per heavy atom. The molecule has 1 amide bonds. The summed E-state index contributed by atoms with van der Waals surface area (Å²) in [5.74, 6) is -0.611. The predicted molar refractivity (Wildman–Crippen MR) is 99.0 cm³/mol. The number of fused-ring (bicyclic) bond motifs is 1. The Morgan fingerprint density at radius 1 is 1.00 bits per heavy atom. The molecule has 0 spiro atoms. The molecule has 0 saturated carbocycles. The SMILES string of the molecule is O=C(NNc1ccccc1)c1c[nH]c2ncc(-c3cccc(F)c3)cc12. The van der Waals surface area contributed by atoms with Crippen molar-refractivity contribution in [2.75, 3.05) is 5.43 Å². The molecular weight excluding hydrogens is 331 g/mol. The molecule has 2 heterocycles. The van der Waals surface area contributed by atoms with E-state index in [1.807, 2.05) is 36.4 Å². The van der Waals surface area contributed by atoms with Crippen LogP contribution in [-0.2, 0) is 0 Å². The Kier molecular flexibility index (Phi) is 4.07. The van der Waals surface area contributed by atoms with E-state index in [2.05, 4.69) is 20.8 Å². The zero-order chi connectivity index (χ0) is 17.9. The fourth-order valence-corrected chi connectivity index (χ4v) is 2.73. The highest BCUT2D eigenvalue weighted by atomic mass is 19.1. The maximum atomic E-state index is 13.5. The second-order valence-electron chi connectivity index (χ2n) is 5.78. The molecule has 0 aliphatic heterocycles. The van der Waals surface area contributed by atoms with Gasteiger partial charge in [-0.25, -0.2) is 9.37 Å².